The average molecular weight is 330 g/mol. The number of nitrogens with zero attached hydrogens (tertiary/aromatic N) is 2. The van der Waals surface area contributed by atoms with Crippen molar-refractivity contribution < 1.29 is 14.3 Å². The van der Waals surface area contributed by atoms with Gasteiger partial charge in [0.05, 0.1) is 29.7 Å². The molecule has 6 heteroatoms. The first kappa shape index (κ1) is 15.8. The van der Waals surface area contributed by atoms with Gasteiger partial charge in [-0.2, -0.15) is 0 Å². The van der Waals surface area contributed by atoms with Gasteiger partial charge in [0.2, 0.25) is 5.91 Å². The van der Waals surface area contributed by atoms with Gasteiger partial charge >= 0.3 is 5.97 Å². The number of carbonyl (C=O) groups excluding carboxylic acids is 2. The zero-order valence-electron chi connectivity index (χ0n) is 13.3. The lowest BCUT2D eigenvalue weighted by molar-refractivity contribution is -0.137. The highest BCUT2D eigenvalue weighted by molar-refractivity contribution is 8.15. The van der Waals surface area contributed by atoms with Crippen LogP contribution >= 0.6 is 11.8 Å². The smallest absolute Gasteiger partial charge is 0.338 e. The zero-order chi connectivity index (χ0) is 16.6. The summed E-state index contributed by atoms with van der Waals surface area (Å²) in [6, 6.07) is 9.06. The molecular weight excluding hydrogens is 312 g/mol. The zero-order valence-corrected chi connectivity index (χ0v) is 14.1. The Bertz CT molecular complexity index is 712. The van der Waals surface area contributed by atoms with Gasteiger partial charge in [-0.3, -0.25) is 9.69 Å². The van der Waals surface area contributed by atoms with Crippen LogP contribution in [-0.4, -0.2) is 34.3 Å². The molecule has 0 N–H and O–H groups in total. The third-order valence-corrected chi connectivity index (χ3v) is 5.36. The number of fused-ring (bicyclic) bond motifs is 1. The number of allylic oxidation sites excluding steroid dienone is 1. The van der Waals surface area contributed by atoms with E-state index in [0.717, 1.165) is 12.0 Å². The number of hydrogen-bond acceptors (Lipinski definition) is 5. The van der Waals surface area contributed by atoms with Crippen molar-refractivity contribution in [3.05, 3.63) is 47.2 Å². The molecule has 0 unspecified atom stereocenters. The number of amides is 1. The number of carbonyl (C=O) groups is 2. The fourth-order valence-electron chi connectivity index (χ4n) is 2.91. The molecule has 2 heterocycles. The van der Waals surface area contributed by atoms with Crippen molar-refractivity contribution in [2.24, 2.45) is 4.99 Å². The minimum Gasteiger partial charge on any atom is -0.466 e. The Labute approximate surface area is 139 Å². The average Bonchev–Trinajstić information content (AvgIpc) is 2.89. The van der Waals surface area contributed by atoms with Crippen LogP contribution in [0.25, 0.3) is 0 Å². The number of ether oxygens (including phenoxy) is 1. The molecule has 1 amide bonds. The van der Waals surface area contributed by atoms with E-state index in [1.807, 2.05) is 37.3 Å². The van der Waals surface area contributed by atoms with E-state index in [1.165, 1.54) is 18.9 Å². The number of aliphatic imine (C=N–C) groups is 1. The van der Waals surface area contributed by atoms with E-state index < -0.39 is 12.0 Å². The molecule has 2 aliphatic rings. The van der Waals surface area contributed by atoms with E-state index in [-0.39, 0.29) is 11.2 Å². The first-order valence-electron chi connectivity index (χ1n) is 7.51. The number of rotatable bonds is 3. The van der Waals surface area contributed by atoms with Crippen molar-refractivity contribution in [2.45, 2.75) is 31.6 Å². The number of hydrogen-bond donors (Lipinski definition) is 0. The second-order valence-electron chi connectivity index (χ2n) is 5.42. The van der Waals surface area contributed by atoms with Crippen LogP contribution in [0.15, 0.2) is 46.6 Å². The topological polar surface area (TPSA) is 59.0 Å². The van der Waals surface area contributed by atoms with Crippen molar-refractivity contribution >= 4 is 28.8 Å². The number of esters is 1. The van der Waals surface area contributed by atoms with E-state index in [4.69, 9.17) is 4.74 Å². The van der Waals surface area contributed by atoms with E-state index in [1.54, 1.807) is 11.8 Å². The highest BCUT2D eigenvalue weighted by Gasteiger charge is 2.46. The van der Waals surface area contributed by atoms with Crippen molar-refractivity contribution in [1.29, 1.82) is 0 Å². The molecule has 23 heavy (non-hydrogen) atoms. The highest BCUT2D eigenvalue weighted by atomic mass is 32.2. The van der Waals surface area contributed by atoms with E-state index in [2.05, 4.69) is 4.99 Å². The Hall–Kier alpha value is -2.08. The van der Waals surface area contributed by atoms with Gasteiger partial charge < -0.3 is 4.74 Å². The molecule has 3 rings (SSSR count). The van der Waals surface area contributed by atoms with Crippen molar-refractivity contribution in [3.63, 3.8) is 0 Å². The van der Waals surface area contributed by atoms with E-state index in [9.17, 15) is 9.59 Å². The molecule has 0 aromatic heterocycles. The third kappa shape index (κ3) is 2.57. The molecule has 0 aliphatic carbocycles. The summed E-state index contributed by atoms with van der Waals surface area (Å²) in [5.74, 6) is -0.448. The second kappa shape index (κ2) is 6.20. The summed E-state index contributed by atoms with van der Waals surface area (Å²) in [6.45, 7) is 3.77. The first-order chi connectivity index (χ1) is 11.1. The van der Waals surface area contributed by atoms with Crippen LogP contribution in [0.2, 0.25) is 0 Å². The van der Waals surface area contributed by atoms with Gasteiger partial charge in [0, 0.05) is 0 Å². The largest absolute Gasteiger partial charge is 0.466 e. The molecule has 0 bridgehead atoms. The van der Waals surface area contributed by atoms with Crippen LogP contribution in [0.4, 0.5) is 0 Å². The molecule has 2 aliphatic heterocycles. The lowest BCUT2D eigenvalue weighted by atomic mass is 9.94. The minimum atomic E-state index is -0.479. The molecule has 2 atom stereocenters. The molecule has 1 fully saturated rings. The molecule has 0 spiro atoms. The highest BCUT2D eigenvalue weighted by Crippen LogP contribution is 2.43. The quantitative estimate of drug-likeness (QED) is 0.800. The van der Waals surface area contributed by atoms with Crippen LogP contribution in [0.1, 0.15) is 31.9 Å². The number of amidine groups is 1. The van der Waals surface area contributed by atoms with Gasteiger partial charge in [-0.1, -0.05) is 49.0 Å². The monoisotopic (exact) mass is 330 g/mol. The van der Waals surface area contributed by atoms with Gasteiger partial charge in [0.15, 0.2) is 5.17 Å². The summed E-state index contributed by atoms with van der Waals surface area (Å²) in [4.78, 5) is 31.2. The summed E-state index contributed by atoms with van der Waals surface area (Å²) in [6.07, 6.45) is 0.729. The summed E-state index contributed by atoms with van der Waals surface area (Å²) in [5, 5.41) is 0.519. The summed E-state index contributed by atoms with van der Waals surface area (Å²) in [7, 11) is 1.35. The Balaban J connectivity index is 2.15. The van der Waals surface area contributed by atoms with Crippen LogP contribution in [0.3, 0.4) is 0 Å². The van der Waals surface area contributed by atoms with Gasteiger partial charge in [-0.05, 0) is 18.9 Å². The molecular formula is C17H18N2O3S. The predicted molar refractivity (Wildman–Crippen MR) is 89.9 cm³/mol. The van der Waals surface area contributed by atoms with Crippen molar-refractivity contribution in [1.82, 2.24) is 4.90 Å². The third-order valence-electron chi connectivity index (χ3n) is 4.04. The molecule has 0 saturated carbocycles. The maximum atomic E-state index is 12.8. The molecule has 1 aromatic rings. The molecule has 1 aromatic carbocycles. The number of thioether (sulfide) groups is 1. The van der Waals surface area contributed by atoms with Gasteiger partial charge in [0.1, 0.15) is 0 Å². The Kier molecular flexibility index (Phi) is 4.26. The normalized spacial score (nSPS) is 23.7. The first-order valence-corrected chi connectivity index (χ1v) is 8.38. The molecule has 1 saturated heterocycles. The summed E-state index contributed by atoms with van der Waals surface area (Å²) < 4.78 is 4.94. The lowest BCUT2D eigenvalue weighted by Crippen LogP contribution is -2.40. The fraction of sp³-hybridized carbons (Fsp3) is 0.353. The van der Waals surface area contributed by atoms with Gasteiger partial charge in [-0.25, -0.2) is 9.79 Å². The fourth-order valence-corrected chi connectivity index (χ4v) is 4.04. The van der Waals surface area contributed by atoms with Crippen LogP contribution in [0.5, 0.6) is 0 Å². The predicted octanol–water partition coefficient (Wildman–Crippen LogP) is 2.90. The standard InChI is InChI=1S/C17H18N2O3S/c1-4-12-15(20)19-14(11-8-6-5-7-9-11)13(16(21)22-3)10(2)18-17(19)23-12/h5-9,12,14H,4H2,1-3H3/t12-,14-/m1/s1. The van der Waals surface area contributed by atoms with Crippen molar-refractivity contribution in [2.75, 3.05) is 7.11 Å². The second-order valence-corrected chi connectivity index (χ2v) is 6.59. The summed E-state index contributed by atoms with van der Waals surface area (Å²) in [5.41, 5.74) is 1.91. The lowest BCUT2D eigenvalue weighted by Gasteiger charge is -2.32. The molecule has 120 valence electrons. The van der Waals surface area contributed by atoms with Crippen molar-refractivity contribution in [3.8, 4) is 0 Å². The van der Waals surface area contributed by atoms with Crippen LogP contribution in [0, 0.1) is 0 Å². The molecule has 5 nitrogen and oxygen atoms in total. The van der Waals surface area contributed by atoms with E-state index >= 15 is 0 Å². The maximum absolute atomic E-state index is 12.8. The van der Waals surface area contributed by atoms with Gasteiger partial charge in [0.25, 0.3) is 0 Å². The van der Waals surface area contributed by atoms with Gasteiger partial charge in [-0.15, -0.1) is 0 Å². The summed E-state index contributed by atoms with van der Waals surface area (Å²) >= 11 is 1.47. The maximum Gasteiger partial charge on any atom is 0.338 e. The van der Waals surface area contributed by atoms with Crippen LogP contribution < -0.4 is 0 Å². The Morgan fingerprint density at radius 3 is 2.65 bits per heavy atom. The van der Waals surface area contributed by atoms with Crippen LogP contribution in [-0.2, 0) is 14.3 Å². The Morgan fingerprint density at radius 1 is 1.35 bits per heavy atom. The molecule has 0 radical (unpaired) electrons. The minimum absolute atomic E-state index is 0.000920. The number of methoxy groups -OCH3 is 1. The number of benzene rings is 1. The SMILES string of the molecule is CC[C@H]1SC2=NC(C)=C(C(=O)OC)[C@@H](c3ccccc3)N2C1=O. The Morgan fingerprint density at radius 2 is 2.04 bits per heavy atom. The van der Waals surface area contributed by atoms with E-state index in [0.29, 0.717) is 16.4 Å².